The van der Waals surface area contributed by atoms with Crippen LogP contribution in [0.15, 0.2) is 18.6 Å². The number of anilines is 1. The Labute approximate surface area is 71.4 Å². The van der Waals surface area contributed by atoms with Gasteiger partial charge in [0.15, 0.2) is 0 Å². The predicted molar refractivity (Wildman–Crippen MR) is 46.8 cm³/mol. The highest BCUT2D eigenvalue weighted by Crippen LogP contribution is 2.20. The molecule has 1 aromatic heterocycles. The lowest BCUT2D eigenvalue weighted by atomic mass is 10.0. The zero-order chi connectivity index (χ0) is 8.39. The van der Waals surface area contributed by atoms with E-state index in [1.807, 2.05) is 6.07 Å². The van der Waals surface area contributed by atoms with Gasteiger partial charge in [-0.3, -0.25) is 0 Å². The second kappa shape index (κ2) is 3.06. The predicted octanol–water partition coefficient (Wildman–Crippen LogP) is -0.129. The van der Waals surface area contributed by atoms with Crippen LogP contribution in [0.3, 0.4) is 0 Å². The van der Waals surface area contributed by atoms with Gasteiger partial charge in [-0.15, -0.1) is 0 Å². The van der Waals surface area contributed by atoms with Crippen molar-refractivity contribution in [3.05, 3.63) is 18.6 Å². The molecule has 2 N–H and O–H groups in total. The third-order valence-corrected chi connectivity index (χ3v) is 2.18. The molecule has 12 heavy (non-hydrogen) atoms. The van der Waals surface area contributed by atoms with Gasteiger partial charge in [0.25, 0.3) is 0 Å². The summed E-state index contributed by atoms with van der Waals surface area (Å²) in [6.07, 6.45) is 3.34. The van der Waals surface area contributed by atoms with Crippen molar-refractivity contribution in [2.75, 3.05) is 24.5 Å². The van der Waals surface area contributed by atoms with E-state index in [1.54, 1.807) is 12.5 Å². The van der Waals surface area contributed by atoms with Crippen LogP contribution >= 0.6 is 0 Å². The van der Waals surface area contributed by atoms with Crippen LogP contribution in [0.5, 0.6) is 0 Å². The van der Waals surface area contributed by atoms with Crippen LogP contribution in [0.4, 0.5) is 5.82 Å². The average Bonchev–Trinajstić information content (AvgIpc) is 2.04. The minimum absolute atomic E-state index is 0.653. The maximum Gasteiger partial charge on any atom is 0.131 e. The van der Waals surface area contributed by atoms with E-state index in [2.05, 4.69) is 14.9 Å². The van der Waals surface area contributed by atoms with Crippen molar-refractivity contribution in [1.29, 1.82) is 0 Å². The summed E-state index contributed by atoms with van der Waals surface area (Å²) in [4.78, 5) is 10.2. The van der Waals surface area contributed by atoms with Crippen molar-refractivity contribution < 1.29 is 0 Å². The van der Waals surface area contributed by atoms with E-state index < -0.39 is 0 Å². The zero-order valence-corrected chi connectivity index (χ0v) is 6.85. The maximum atomic E-state index is 5.51. The second-order valence-electron chi connectivity index (χ2n) is 3.07. The molecule has 4 nitrogen and oxygen atoms in total. The van der Waals surface area contributed by atoms with E-state index in [-0.39, 0.29) is 0 Å². The number of aromatic nitrogens is 2. The molecule has 0 unspecified atom stereocenters. The Bertz CT molecular complexity index is 242. The van der Waals surface area contributed by atoms with E-state index in [0.717, 1.165) is 25.5 Å². The molecule has 1 fully saturated rings. The Balaban J connectivity index is 1.97. The van der Waals surface area contributed by atoms with Gasteiger partial charge in [0.05, 0.1) is 0 Å². The normalized spacial score (nSPS) is 17.6. The standard InChI is InChI=1S/C8H12N4/c9-3-7-4-12(5-7)8-1-2-10-6-11-8/h1-2,6-7H,3-5,9H2. The summed E-state index contributed by atoms with van der Waals surface area (Å²) in [5.74, 6) is 1.66. The molecule has 1 saturated heterocycles. The van der Waals surface area contributed by atoms with Gasteiger partial charge in [-0.1, -0.05) is 0 Å². The molecule has 1 aromatic rings. The van der Waals surface area contributed by atoms with Gasteiger partial charge >= 0.3 is 0 Å². The van der Waals surface area contributed by atoms with Crippen molar-refractivity contribution >= 4 is 5.82 Å². The average molecular weight is 164 g/mol. The number of nitrogens with zero attached hydrogens (tertiary/aromatic N) is 3. The van der Waals surface area contributed by atoms with Gasteiger partial charge in [0.1, 0.15) is 12.1 Å². The van der Waals surface area contributed by atoms with E-state index >= 15 is 0 Å². The maximum absolute atomic E-state index is 5.51. The van der Waals surface area contributed by atoms with Crippen molar-refractivity contribution in [3.63, 3.8) is 0 Å². The van der Waals surface area contributed by atoms with Crippen molar-refractivity contribution in [2.24, 2.45) is 11.7 Å². The molecule has 0 amide bonds. The molecular formula is C8H12N4. The van der Waals surface area contributed by atoms with E-state index in [9.17, 15) is 0 Å². The summed E-state index contributed by atoms with van der Waals surface area (Å²) in [7, 11) is 0. The lowest BCUT2D eigenvalue weighted by Gasteiger charge is -2.39. The third kappa shape index (κ3) is 1.25. The fraction of sp³-hybridized carbons (Fsp3) is 0.500. The molecule has 4 heteroatoms. The first-order valence-electron chi connectivity index (χ1n) is 4.11. The van der Waals surface area contributed by atoms with Crippen molar-refractivity contribution in [2.45, 2.75) is 0 Å². The van der Waals surface area contributed by atoms with Crippen LogP contribution in [0.1, 0.15) is 0 Å². The number of rotatable bonds is 2. The van der Waals surface area contributed by atoms with E-state index in [4.69, 9.17) is 5.73 Å². The van der Waals surface area contributed by atoms with Crippen LogP contribution < -0.4 is 10.6 Å². The molecule has 0 saturated carbocycles. The summed E-state index contributed by atoms with van der Waals surface area (Å²) < 4.78 is 0. The number of nitrogens with two attached hydrogens (primary N) is 1. The van der Waals surface area contributed by atoms with Gasteiger partial charge in [0.2, 0.25) is 0 Å². The molecule has 2 rings (SSSR count). The highest BCUT2D eigenvalue weighted by atomic mass is 15.2. The molecule has 64 valence electrons. The number of hydrogen-bond acceptors (Lipinski definition) is 4. The van der Waals surface area contributed by atoms with Gasteiger partial charge in [-0.2, -0.15) is 0 Å². The van der Waals surface area contributed by atoms with Gasteiger partial charge in [-0.25, -0.2) is 9.97 Å². The first kappa shape index (κ1) is 7.49. The molecule has 2 heterocycles. The summed E-state index contributed by atoms with van der Waals surface area (Å²) in [6.45, 7) is 2.85. The monoisotopic (exact) mass is 164 g/mol. The Morgan fingerprint density at radius 2 is 2.42 bits per heavy atom. The molecule has 1 aliphatic rings. The molecular weight excluding hydrogens is 152 g/mol. The van der Waals surface area contributed by atoms with Crippen LogP contribution in [-0.4, -0.2) is 29.6 Å². The highest BCUT2D eigenvalue weighted by Gasteiger charge is 2.25. The molecule has 0 bridgehead atoms. The number of hydrogen-bond donors (Lipinski definition) is 1. The minimum Gasteiger partial charge on any atom is -0.356 e. The summed E-state index contributed by atoms with van der Waals surface area (Å²) >= 11 is 0. The summed E-state index contributed by atoms with van der Waals surface area (Å²) in [5.41, 5.74) is 5.51. The van der Waals surface area contributed by atoms with Crippen LogP contribution in [0.2, 0.25) is 0 Å². The third-order valence-electron chi connectivity index (χ3n) is 2.18. The first-order valence-corrected chi connectivity index (χ1v) is 4.11. The SMILES string of the molecule is NCC1CN(c2ccncn2)C1. The van der Waals surface area contributed by atoms with E-state index in [1.165, 1.54) is 0 Å². The van der Waals surface area contributed by atoms with Crippen LogP contribution in [0, 0.1) is 5.92 Å². The molecule has 1 aliphatic heterocycles. The lowest BCUT2D eigenvalue weighted by molar-refractivity contribution is 0.417. The topological polar surface area (TPSA) is 55.0 Å². The second-order valence-corrected chi connectivity index (χ2v) is 3.07. The highest BCUT2D eigenvalue weighted by molar-refractivity contribution is 5.39. The Morgan fingerprint density at radius 3 is 3.00 bits per heavy atom. The van der Waals surface area contributed by atoms with Crippen molar-refractivity contribution in [3.8, 4) is 0 Å². The lowest BCUT2D eigenvalue weighted by Crippen LogP contribution is -2.50. The van der Waals surface area contributed by atoms with Crippen LogP contribution in [0.25, 0.3) is 0 Å². The van der Waals surface area contributed by atoms with Gasteiger partial charge in [-0.05, 0) is 12.6 Å². The molecule has 0 atom stereocenters. The largest absolute Gasteiger partial charge is 0.356 e. The Kier molecular flexibility index (Phi) is 1.91. The Morgan fingerprint density at radius 1 is 1.58 bits per heavy atom. The van der Waals surface area contributed by atoms with Crippen LogP contribution in [-0.2, 0) is 0 Å². The summed E-state index contributed by atoms with van der Waals surface area (Å²) in [5, 5.41) is 0. The first-order chi connectivity index (χ1) is 5.90. The van der Waals surface area contributed by atoms with Gasteiger partial charge in [0, 0.05) is 25.2 Å². The van der Waals surface area contributed by atoms with Gasteiger partial charge < -0.3 is 10.6 Å². The molecule has 0 aliphatic carbocycles. The van der Waals surface area contributed by atoms with Crippen molar-refractivity contribution in [1.82, 2.24) is 9.97 Å². The quantitative estimate of drug-likeness (QED) is 0.661. The fourth-order valence-electron chi connectivity index (χ4n) is 1.38. The summed E-state index contributed by atoms with van der Waals surface area (Å²) in [6, 6.07) is 1.92. The molecule has 0 aromatic carbocycles. The molecule has 0 radical (unpaired) electrons. The Hall–Kier alpha value is -1.16. The molecule has 0 spiro atoms. The smallest absolute Gasteiger partial charge is 0.131 e. The zero-order valence-electron chi connectivity index (χ0n) is 6.85. The van der Waals surface area contributed by atoms with E-state index in [0.29, 0.717) is 5.92 Å². The minimum atomic E-state index is 0.653. The fourth-order valence-corrected chi connectivity index (χ4v) is 1.38.